The molecule has 3 nitrogen and oxygen atoms in total. The molecule has 0 aromatic heterocycles. The van der Waals surface area contributed by atoms with Crippen LogP contribution in [0, 0.1) is 10.1 Å². The Hall–Kier alpha value is -2.16. The Balaban J connectivity index is 2.19. The number of nitro benzene ring substituents is 1. The molecule has 0 unspecified atom stereocenters. The van der Waals surface area contributed by atoms with Gasteiger partial charge in [-0.3, -0.25) is 10.1 Å². The van der Waals surface area contributed by atoms with Crippen LogP contribution in [-0.4, -0.2) is 4.92 Å². The van der Waals surface area contributed by atoms with Crippen molar-refractivity contribution in [2.75, 3.05) is 0 Å². The molecule has 0 atom stereocenters. The Morgan fingerprint density at radius 1 is 1.16 bits per heavy atom. The molecule has 0 spiro atoms. The van der Waals surface area contributed by atoms with Crippen molar-refractivity contribution in [3.63, 3.8) is 0 Å². The number of nitrogens with zero attached hydrogens (tertiary/aromatic N) is 1. The van der Waals surface area contributed by atoms with Gasteiger partial charge in [-0.1, -0.05) is 35.4 Å². The fraction of sp³-hybridized carbons (Fsp3) is 0.250. The molecular formula is C16H17NO2. The predicted molar refractivity (Wildman–Crippen MR) is 77.8 cm³/mol. The molecule has 19 heavy (non-hydrogen) atoms. The fourth-order valence-electron chi connectivity index (χ4n) is 2.11. The molecule has 3 heteroatoms. The van der Waals surface area contributed by atoms with Crippen LogP contribution in [0.1, 0.15) is 32.3 Å². The summed E-state index contributed by atoms with van der Waals surface area (Å²) in [6, 6.07) is 6.80. The van der Waals surface area contributed by atoms with E-state index in [2.05, 4.69) is 19.9 Å². The minimum atomic E-state index is -0.343. The highest BCUT2D eigenvalue weighted by atomic mass is 16.6. The van der Waals surface area contributed by atoms with Gasteiger partial charge in [0.2, 0.25) is 0 Å². The quantitative estimate of drug-likeness (QED) is 0.447. The average molecular weight is 255 g/mol. The van der Waals surface area contributed by atoms with Crippen molar-refractivity contribution in [3.05, 3.63) is 68.8 Å². The summed E-state index contributed by atoms with van der Waals surface area (Å²) in [5.74, 6) is 0. The van der Waals surface area contributed by atoms with Gasteiger partial charge in [-0.15, -0.1) is 0 Å². The molecule has 0 radical (unpaired) electrons. The van der Waals surface area contributed by atoms with Crippen LogP contribution in [0.2, 0.25) is 0 Å². The molecule has 1 aromatic rings. The smallest absolute Gasteiger partial charge is 0.258 e. The number of para-hydroxylation sites is 1. The Morgan fingerprint density at radius 3 is 2.58 bits per heavy atom. The third-order valence-electron chi connectivity index (χ3n) is 3.48. The number of rotatable bonds is 3. The Morgan fingerprint density at radius 2 is 1.89 bits per heavy atom. The number of hydrogen-bond donors (Lipinski definition) is 0. The molecule has 0 saturated carbocycles. The molecule has 0 amide bonds. The number of nitro groups is 1. The maximum absolute atomic E-state index is 10.9. The zero-order chi connectivity index (χ0) is 13.8. The molecule has 2 rings (SSSR count). The first kappa shape index (κ1) is 13.3. The van der Waals surface area contributed by atoms with Gasteiger partial charge in [0, 0.05) is 6.07 Å². The van der Waals surface area contributed by atoms with Crippen molar-refractivity contribution in [1.82, 2.24) is 0 Å². The van der Waals surface area contributed by atoms with Gasteiger partial charge in [0.05, 0.1) is 10.5 Å². The van der Waals surface area contributed by atoms with E-state index in [0.29, 0.717) is 5.56 Å². The topological polar surface area (TPSA) is 43.1 Å². The van der Waals surface area contributed by atoms with Crippen molar-refractivity contribution < 1.29 is 4.92 Å². The van der Waals surface area contributed by atoms with Gasteiger partial charge < -0.3 is 0 Å². The standard InChI is InChI=1S/C16H17NO2/c1-12-7-8-14(11-13(12)2)9-10-15-5-3-4-6-16(15)17(18)19/h3-6,8-10H,7,11H2,1-2H3/b10-9+. The summed E-state index contributed by atoms with van der Waals surface area (Å²) in [5, 5.41) is 10.9. The summed E-state index contributed by atoms with van der Waals surface area (Å²) >= 11 is 0. The van der Waals surface area contributed by atoms with Gasteiger partial charge in [-0.2, -0.15) is 0 Å². The maximum Gasteiger partial charge on any atom is 0.276 e. The van der Waals surface area contributed by atoms with Crippen molar-refractivity contribution >= 4 is 11.8 Å². The molecule has 1 aliphatic rings. The van der Waals surface area contributed by atoms with E-state index in [0.717, 1.165) is 12.8 Å². The summed E-state index contributed by atoms with van der Waals surface area (Å²) in [4.78, 5) is 10.6. The summed E-state index contributed by atoms with van der Waals surface area (Å²) in [6.07, 6.45) is 7.91. The lowest BCUT2D eigenvalue weighted by atomic mass is 9.93. The van der Waals surface area contributed by atoms with E-state index in [1.807, 2.05) is 18.2 Å². The molecule has 0 fully saturated rings. The van der Waals surface area contributed by atoms with Gasteiger partial charge >= 0.3 is 0 Å². The highest BCUT2D eigenvalue weighted by Crippen LogP contribution is 2.26. The van der Waals surface area contributed by atoms with Crippen LogP contribution >= 0.6 is 0 Å². The second kappa shape index (κ2) is 5.65. The Bertz CT molecular complexity index is 595. The highest BCUT2D eigenvalue weighted by molar-refractivity contribution is 5.63. The van der Waals surface area contributed by atoms with E-state index in [1.165, 1.54) is 22.8 Å². The lowest BCUT2D eigenvalue weighted by Gasteiger charge is -2.13. The molecule has 0 bridgehead atoms. The predicted octanol–water partition coefficient (Wildman–Crippen LogP) is 4.66. The average Bonchev–Trinajstić information content (AvgIpc) is 2.40. The number of allylic oxidation sites excluding steroid dienone is 5. The first-order valence-corrected chi connectivity index (χ1v) is 6.33. The van der Waals surface area contributed by atoms with Crippen molar-refractivity contribution in [2.24, 2.45) is 0 Å². The number of benzene rings is 1. The first-order chi connectivity index (χ1) is 9.08. The van der Waals surface area contributed by atoms with Crippen LogP contribution in [0.25, 0.3) is 6.08 Å². The van der Waals surface area contributed by atoms with Crippen LogP contribution in [0.15, 0.2) is 53.1 Å². The SMILES string of the molecule is CC1=C(C)CC(/C=C/c2ccccc2[N+](=O)[O-])=CC1. The van der Waals surface area contributed by atoms with Crippen molar-refractivity contribution in [1.29, 1.82) is 0 Å². The fourth-order valence-corrected chi connectivity index (χ4v) is 2.11. The van der Waals surface area contributed by atoms with Gasteiger partial charge in [-0.05, 0) is 44.4 Å². The van der Waals surface area contributed by atoms with Crippen LogP contribution in [0.3, 0.4) is 0 Å². The van der Waals surface area contributed by atoms with E-state index in [4.69, 9.17) is 0 Å². The van der Waals surface area contributed by atoms with Crippen LogP contribution < -0.4 is 0 Å². The molecule has 98 valence electrons. The second-order valence-electron chi connectivity index (χ2n) is 4.87. The summed E-state index contributed by atoms with van der Waals surface area (Å²) in [5.41, 5.74) is 4.84. The van der Waals surface area contributed by atoms with Gasteiger partial charge in [0.15, 0.2) is 0 Å². The van der Waals surface area contributed by atoms with E-state index in [1.54, 1.807) is 12.1 Å². The monoisotopic (exact) mass is 255 g/mol. The van der Waals surface area contributed by atoms with Gasteiger partial charge in [0.25, 0.3) is 5.69 Å². The molecule has 0 heterocycles. The molecule has 0 aliphatic heterocycles. The third kappa shape index (κ3) is 3.19. The van der Waals surface area contributed by atoms with Gasteiger partial charge in [-0.25, -0.2) is 0 Å². The minimum Gasteiger partial charge on any atom is -0.258 e. The Kier molecular flexibility index (Phi) is 3.95. The van der Waals surface area contributed by atoms with E-state index in [9.17, 15) is 10.1 Å². The molecular weight excluding hydrogens is 238 g/mol. The van der Waals surface area contributed by atoms with Gasteiger partial charge in [0.1, 0.15) is 0 Å². The number of hydrogen-bond acceptors (Lipinski definition) is 2. The lowest BCUT2D eigenvalue weighted by Crippen LogP contribution is -1.94. The summed E-state index contributed by atoms with van der Waals surface area (Å²) < 4.78 is 0. The minimum absolute atomic E-state index is 0.151. The second-order valence-corrected chi connectivity index (χ2v) is 4.87. The van der Waals surface area contributed by atoms with Crippen LogP contribution in [0.4, 0.5) is 5.69 Å². The zero-order valence-electron chi connectivity index (χ0n) is 11.2. The largest absolute Gasteiger partial charge is 0.276 e. The normalized spacial score (nSPS) is 15.8. The lowest BCUT2D eigenvalue weighted by molar-refractivity contribution is -0.385. The van der Waals surface area contributed by atoms with E-state index in [-0.39, 0.29) is 10.6 Å². The molecule has 0 N–H and O–H groups in total. The zero-order valence-corrected chi connectivity index (χ0v) is 11.2. The first-order valence-electron chi connectivity index (χ1n) is 6.33. The molecule has 1 aliphatic carbocycles. The molecule has 0 saturated heterocycles. The maximum atomic E-state index is 10.9. The Labute approximate surface area is 113 Å². The van der Waals surface area contributed by atoms with Crippen LogP contribution in [-0.2, 0) is 0 Å². The van der Waals surface area contributed by atoms with E-state index < -0.39 is 0 Å². The van der Waals surface area contributed by atoms with Crippen LogP contribution in [0.5, 0.6) is 0 Å². The summed E-state index contributed by atoms with van der Waals surface area (Å²) in [6.45, 7) is 4.29. The van der Waals surface area contributed by atoms with Crippen molar-refractivity contribution in [3.8, 4) is 0 Å². The third-order valence-corrected chi connectivity index (χ3v) is 3.48. The van der Waals surface area contributed by atoms with E-state index >= 15 is 0 Å². The van der Waals surface area contributed by atoms with Crippen molar-refractivity contribution in [2.45, 2.75) is 26.7 Å². The highest BCUT2D eigenvalue weighted by Gasteiger charge is 2.10. The summed E-state index contributed by atoms with van der Waals surface area (Å²) in [7, 11) is 0. The molecule has 1 aromatic carbocycles.